The normalized spacial score (nSPS) is 13.3. The predicted octanol–water partition coefficient (Wildman–Crippen LogP) is 4.62. The maximum atomic E-state index is 13.4. The maximum absolute atomic E-state index is 13.4. The van der Waals surface area contributed by atoms with Crippen molar-refractivity contribution in [2.45, 2.75) is 33.4 Å². The number of hydrogen-bond acceptors (Lipinski definition) is 7. The first-order chi connectivity index (χ1) is 17.8. The van der Waals surface area contributed by atoms with Crippen LogP contribution in [-0.4, -0.2) is 52.7 Å². The van der Waals surface area contributed by atoms with E-state index in [4.69, 9.17) is 9.05 Å². The van der Waals surface area contributed by atoms with E-state index in [1.807, 2.05) is 0 Å². The Hall–Kier alpha value is -3.33. The summed E-state index contributed by atoms with van der Waals surface area (Å²) in [6.45, 7) is 4.46. The molecule has 2 N–H and O–H groups in total. The fraction of sp³-hybridized carbons (Fsp3) is 0.346. The summed E-state index contributed by atoms with van der Waals surface area (Å²) in [4.78, 5) is 32.4. The zero-order chi connectivity index (χ0) is 26.6. The van der Waals surface area contributed by atoms with Crippen molar-refractivity contribution in [2.75, 3.05) is 25.9 Å². The Morgan fingerprint density at radius 2 is 1.89 bits per heavy atom. The first-order valence-electron chi connectivity index (χ1n) is 12.1. The van der Waals surface area contributed by atoms with Crippen molar-refractivity contribution >= 4 is 30.3 Å². The van der Waals surface area contributed by atoms with Crippen molar-refractivity contribution in [3.05, 3.63) is 70.7 Å². The highest BCUT2D eigenvalue weighted by atomic mass is 31.2. The molecule has 0 fully saturated rings. The number of fused-ring (bicyclic) bond motifs is 2. The number of phenols is 1. The Morgan fingerprint density at radius 3 is 2.57 bits per heavy atom. The van der Waals surface area contributed by atoms with Crippen LogP contribution in [0.5, 0.6) is 5.75 Å². The van der Waals surface area contributed by atoms with E-state index in [-0.39, 0.29) is 67.2 Å². The quantitative estimate of drug-likeness (QED) is 0.275. The molecule has 2 amide bonds. The first kappa shape index (κ1) is 26.7. The Bertz CT molecular complexity index is 1350. The van der Waals surface area contributed by atoms with Crippen LogP contribution in [0.15, 0.2) is 42.6 Å². The van der Waals surface area contributed by atoms with Crippen molar-refractivity contribution in [1.29, 1.82) is 0 Å². The van der Waals surface area contributed by atoms with E-state index in [1.54, 1.807) is 38.1 Å². The van der Waals surface area contributed by atoms with Gasteiger partial charge < -0.3 is 24.4 Å². The number of halogens is 1. The van der Waals surface area contributed by atoms with Gasteiger partial charge in [0.15, 0.2) is 5.75 Å². The minimum Gasteiger partial charge on any atom is -0.505 e. The molecule has 37 heavy (non-hydrogen) atoms. The average Bonchev–Trinajstić information content (AvgIpc) is 3.19. The molecule has 9 nitrogen and oxygen atoms in total. The number of hydrogen-bond donors (Lipinski definition) is 2. The molecule has 4 rings (SSSR count). The number of carbonyl (C=O) groups excluding carboxylic acids is 2. The number of rotatable bonds is 11. The monoisotopic (exact) mass is 529 g/mol. The first-order valence-corrected chi connectivity index (χ1v) is 13.8. The molecule has 2 heterocycles. The number of aromatic hydroxyl groups is 1. The van der Waals surface area contributed by atoms with Crippen LogP contribution < -0.4 is 5.32 Å². The Balaban J connectivity index is 1.59. The van der Waals surface area contributed by atoms with Gasteiger partial charge in [-0.2, -0.15) is 0 Å². The van der Waals surface area contributed by atoms with Gasteiger partial charge in [-0.05, 0) is 44.0 Å². The van der Waals surface area contributed by atoms with Crippen LogP contribution in [0.4, 0.5) is 4.39 Å². The molecule has 0 saturated heterocycles. The molecule has 0 radical (unpaired) electrons. The van der Waals surface area contributed by atoms with Gasteiger partial charge in [0, 0.05) is 36.8 Å². The van der Waals surface area contributed by atoms with Crippen molar-refractivity contribution < 1.29 is 32.7 Å². The fourth-order valence-electron chi connectivity index (χ4n) is 4.47. The number of benzene rings is 2. The number of nitrogens with one attached hydrogen (secondary N) is 1. The molecule has 0 atom stereocenters. The molecule has 0 saturated carbocycles. The summed E-state index contributed by atoms with van der Waals surface area (Å²) < 4.78 is 36.6. The number of pyridine rings is 1. The van der Waals surface area contributed by atoms with E-state index in [0.717, 1.165) is 0 Å². The van der Waals surface area contributed by atoms with Gasteiger partial charge in [0.25, 0.3) is 11.8 Å². The molecule has 2 aromatic carbocycles. The standard InChI is InChI=1S/C26H29FN3O6P/c1-3-35-37(34,36-4-2)14-6-13-29-25(32)21-19-7-5-12-28-23(19)24(31)22-20(21)16-30(26(22)33)15-17-8-10-18(27)11-9-17/h5,7-12,31H,3-4,6,13-16H2,1-2H3,(H,29,32). The smallest absolute Gasteiger partial charge is 0.330 e. The molecule has 1 aliphatic rings. The number of amides is 2. The third-order valence-corrected chi connectivity index (χ3v) is 8.22. The zero-order valence-corrected chi connectivity index (χ0v) is 21.6. The van der Waals surface area contributed by atoms with E-state index in [9.17, 15) is 23.7 Å². The topological polar surface area (TPSA) is 118 Å². The largest absolute Gasteiger partial charge is 0.505 e. The summed E-state index contributed by atoms with van der Waals surface area (Å²) in [5.41, 5.74) is 1.56. The van der Waals surface area contributed by atoms with Crippen LogP contribution in [-0.2, 0) is 26.7 Å². The highest BCUT2D eigenvalue weighted by Crippen LogP contribution is 2.48. The molecule has 1 aliphatic heterocycles. The lowest BCUT2D eigenvalue weighted by Crippen LogP contribution is -2.27. The van der Waals surface area contributed by atoms with Crippen LogP contribution in [0.2, 0.25) is 0 Å². The Labute approximate surface area is 214 Å². The molecule has 0 bridgehead atoms. The highest BCUT2D eigenvalue weighted by Gasteiger charge is 2.36. The van der Waals surface area contributed by atoms with Gasteiger partial charge in [0.1, 0.15) is 11.3 Å². The average molecular weight is 530 g/mol. The van der Waals surface area contributed by atoms with Crippen LogP contribution >= 0.6 is 7.60 Å². The van der Waals surface area contributed by atoms with Gasteiger partial charge in [0.2, 0.25) is 0 Å². The van der Waals surface area contributed by atoms with E-state index >= 15 is 0 Å². The number of phenolic OH excluding ortho intramolecular Hbond substituents is 1. The summed E-state index contributed by atoms with van der Waals surface area (Å²) in [6.07, 6.45) is 1.98. The van der Waals surface area contributed by atoms with Gasteiger partial charge >= 0.3 is 7.60 Å². The Kier molecular flexibility index (Phi) is 8.22. The lowest BCUT2D eigenvalue weighted by atomic mass is 9.96. The molecule has 196 valence electrons. The lowest BCUT2D eigenvalue weighted by Gasteiger charge is -2.17. The van der Waals surface area contributed by atoms with Crippen LogP contribution in [0.3, 0.4) is 0 Å². The fourth-order valence-corrected chi connectivity index (χ4v) is 6.14. The summed E-state index contributed by atoms with van der Waals surface area (Å²) in [7, 11) is -3.23. The molecular weight excluding hydrogens is 500 g/mol. The van der Waals surface area contributed by atoms with Gasteiger partial charge in [-0.15, -0.1) is 0 Å². The summed E-state index contributed by atoms with van der Waals surface area (Å²) in [5.74, 6) is -1.53. The predicted molar refractivity (Wildman–Crippen MR) is 136 cm³/mol. The van der Waals surface area contributed by atoms with E-state index in [0.29, 0.717) is 22.9 Å². The maximum Gasteiger partial charge on any atom is 0.330 e. The minimum atomic E-state index is -3.23. The van der Waals surface area contributed by atoms with Gasteiger partial charge in [-0.25, -0.2) is 4.39 Å². The minimum absolute atomic E-state index is 0.0376. The molecule has 0 spiro atoms. The summed E-state index contributed by atoms with van der Waals surface area (Å²) in [6, 6.07) is 9.11. The van der Waals surface area contributed by atoms with Crippen molar-refractivity contribution in [3.63, 3.8) is 0 Å². The van der Waals surface area contributed by atoms with Gasteiger partial charge in [-0.1, -0.05) is 18.2 Å². The second-order valence-corrected chi connectivity index (χ2v) is 10.7. The van der Waals surface area contributed by atoms with Crippen molar-refractivity contribution in [2.24, 2.45) is 0 Å². The SMILES string of the molecule is CCOP(=O)(CCCNC(=O)c1c2c(c(O)c3ncccc13)C(=O)N(Cc1ccc(F)cc1)C2)OCC. The van der Waals surface area contributed by atoms with E-state index in [2.05, 4.69) is 10.3 Å². The van der Waals surface area contributed by atoms with E-state index in [1.165, 1.54) is 23.2 Å². The molecular formula is C26H29FN3O6P. The number of carbonyl (C=O) groups is 2. The zero-order valence-electron chi connectivity index (χ0n) is 20.7. The number of nitrogens with zero attached hydrogens (tertiary/aromatic N) is 2. The molecule has 0 unspecified atom stereocenters. The third kappa shape index (κ3) is 5.66. The van der Waals surface area contributed by atoms with Crippen molar-refractivity contribution in [1.82, 2.24) is 15.2 Å². The van der Waals surface area contributed by atoms with Gasteiger partial charge in [0.05, 0.1) is 30.5 Å². The lowest BCUT2D eigenvalue weighted by molar-refractivity contribution is 0.0763. The summed E-state index contributed by atoms with van der Waals surface area (Å²) >= 11 is 0. The van der Waals surface area contributed by atoms with Crippen LogP contribution in [0.1, 0.15) is 52.1 Å². The highest BCUT2D eigenvalue weighted by molar-refractivity contribution is 7.53. The molecule has 0 aliphatic carbocycles. The molecule has 1 aromatic heterocycles. The van der Waals surface area contributed by atoms with Crippen LogP contribution in [0.25, 0.3) is 10.9 Å². The van der Waals surface area contributed by atoms with Crippen molar-refractivity contribution in [3.8, 4) is 5.75 Å². The van der Waals surface area contributed by atoms with Gasteiger partial charge in [-0.3, -0.25) is 19.1 Å². The third-order valence-electron chi connectivity index (χ3n) is 6.05. The Morgan fingerprint density at radius 1 is 1.19 bits per heavy atom. The molecule has 3 aromatic rings. The van der Waals surface area contributed by atoms with Crippen LogP contribution in [0, 0.1) is 5.82 Å². The number of aromatic nitrogens is 1. The van der Waals surface area contributed by atoms with E-state index < -0.39 is 19.4 Å². The second kappa shape index (κ2) is 11.4. The summed E-state index contributed by atoms with van der Waals surface area (Å²) in [5, 5.41) is 14.2. The second-order valence-electron chi connectivity index (χ2n) is 8.54. The molecule has 11 heteroatoms.